The first-order chi connectivity index (χ1) is 7.97. The number of rotatable bonds is 4. The highest BCUT2D eigenvalue weighted by atomic mass is 79.9. The van der Waals surface area contributed by atoms with E-state index in [9.17, 15) is 26.0 Å². The molecule has 0 unspecified atom stereocenters. The van der Waals surface area contributed by atoms with Gasteiger partial charge in [0, 0.05) is 20.1 Å². The number of hydrogen-bond donors (Lipinski definition) is 0. The van der Waals surface area contributed by atoms with Gasteiger partial charge in [0.15, 0.2) is 0 Å². The largest absolute Gasteiger partial charge is 0.431 e. The van der Waals surface area contributed by atoms with Gasteiger partial charge in [-0.15, -0.1) is 0 Å². The molecule has 102 valence electrons. The maximum absolute atomic E-state index is 13.2. The molecule has 0 saturated carbocycles. The van der Waals surface area contributed by atoms with E-state index in [-0.39, 0.29) is 4.90 Å². The van der Waals surface area contributed by atoms with Crippen molar-refractivity contribution in [3.05, 3.63) is 28.7 Å². The normalized spacial score (nSPS) is 13.7. The van der Waals surface area contributed by atoms with Crippen LogP contribution in [0, 0.1) is 0 Å². The lowest BCUT2D eigenvalue weighted by Gasteiger charge is -2.22. The van der Waals surface area contributed by atoms with E-state index in [0.29, 0.717) is 4.47 Å². The van der Waals surface area contributed by atoms with E-state index in [1.54, 1.807) is 0 Å². The highest BCUT2D eigenvalue weighted by Gasteiger charge is 2.66. The van der Waals surface area contributed by atoms with Crippen molar-refractivity contribution in [3.8, 4) is 0 Å². The molecule has 1 rings (SSSR count). The van der Waals surface area contributed by atoms with Crippen LogP contribution in [0.1, 0.15) is 0 Å². The minimum atomic E-state index is -5.73. The number of thioether (sulfide) groups is 1. The van der Waals surface area contributed by atoms with Crippen LogP contribution in [0.3, 0.4) is 0 Å². The summed E-state index contributed by atoms with van der Waals surface area (Å²) in [5, 5.41) is -10.2. The summed E-state index contributed by atoms with van der Waals surface area (Å²) in [7, 11) is -1.41. The fraction of sp³-hybridized carbons (Fsp3) is 0.250. The minimum Gasteiger partial charge on any atom is -0.206 e. The summed E-state index contributed by atoms with van der Waals surface area (Å²) in [5.41, 5.74) is 0. The molecule has 1 aromatic carbocycles. The molecule has 0 fully saturated rings. The maximum atomic E-state index is 13.2. The Balaban J connectivity index is 3.05. The average molecular weight is 388 g/mol. The molecule has 0 saturated heterocycles. The molecular formula is C8H4BrClF4O2S2. The van der Waals surface area contributed by atoms with E-state index in [1.165, 1.54) is 12.1 Å². The third kappa shape index (κ3) is 3.31. The Morgan fingerprint density at radius 3 is 1.94 bits per heavy atom. The van der Waals surface area contributed by atoms with Gasteiger partial charge in [-0.05, 0) is 36.0 Å². The molecule has 0 atom stereocenters. The first-order valence-corrected chi connectivity index (χ1v) is 8.04. The molecule has 18 heavy (non-hydrogen) atoms. The topological polar surface area (TPSA) is 34.1 Å². The Morgan fingerprint density at radius 1 is 1.11 bits per heavy atom. The highest BCUT2D eigenvalue weighted by Crippen LogP contribution is 2.50. The number of hydrogen-bond acceptors (Lipinski definition) is 3. The minimum absolute atomic E-state index is 0.219. The van der Waals surface area contributed by atoms with Crippen LogP contribution in [0.2, 0.25) is 0 Å². The summed E-state index contributed by atoms with van der Waals surface area (Å²) in [4.78, 5) is -0.219. The zero-order valence-corrected chi connectivity index (χ0v) is 12.2. The van der Waals surface area contributed by atoms with Gasteiger partial charge in [-0.3, -0.25) is 0 Å². The molecule has 0 aliphatic heterocycles. The third-order valence-electron chi connectivity index (χ3n) is 1.70. The van der Waals surface area contributed by atoms with E-state index in [1.807, 2.05) is 0 Å². The Labute approximate surface area is 117 Å². The van der Waals surface area contributed by atoms with Crippen LogP contribution in [-0.2, 0) is 9.05 Å². The molecule has 0 amide bonds. The van der Waals surface area contributed by atoms with Crippen LogP contribution in [0.25, 0.3) is 0 Å². The Morgan fingerprint density at radius 2 is 1.56 bits per heavy atom. The summed E-state index contributed by atoms with van der Waals surface area (Å²) < 4.78 is 73.9. The molecule has 0 heterocycles. The zero-order valence-electron chi connectivity index (χ0n) is 8.21. The van der Waals surface area contributed by atoms with E-state index >= 15 is 0 Å². The predicted octanol–water partition coefficient (Wildman–Crippen LogP) is 4.30. The van der Waals surface area contributed by atoms with Gasteiger partial charge in [0.1, 0.15) is 0 Å². The standard InChI is InChI=1S/C8H4BrClF4O2S2/c9-5-1-3-6(4-2-5)17-7(11,12)8(13,14)18(10,15)16/h1-4H. The second-order valence-corrected chi connectivity index (χ2v) is 7.74. The maximum Gasteiger partial charge on any atom is 0.431 e. The van der Waals surface area contributed by atoms with Gasteiger partial charge in [0.05, 0.1) is 0 Å². The van der Waals surface area contributed by atoms with Crippen LogP contribution in [0.4, 0.5) is 17.6 Å². The van der Waals surface area contributed by atoms with Crippen LogP contribution in [-0.4, -0.2) is 18.9 Å². The van der Waals surface area contributed by atoms with Crippen molar-refractivity contribution >= 4 is 47.4 Å². The SMILES string of the molecule is O=S(=O)(Cl)C(F)(F)C(F)(F)Sc1ccc(Br)cc1. The van der Waals surface area contributed by atoms with Gasteiger partial charge in [-0.1, -0.05) is 15.9 Å². The molecule has 0 bridgehead atoms. The highest BCUT2D eigenvalue weighted by molar-refractivity contribution is 9.10. The van der Waals surface area contributed by atoms with E-state index in [2.05, 4.69) is 26.6 Å². The summed E-state index contributed by atoms with van der Waals surface area (Å²) in [6.45, 7) is 0. The lowest BCUT2D eigenvalue weighted by molar-refractivity contribution is -0.0886. The smallest absolute Gasteiger partial charge is 0.206 e. The van der Waals surface area contributed by atoms with Gasteiger partial charge in [-0.25, -0.2) is 8.42 Å². The second-order valence-electron chi connectivity index (χ2n) is 3.03. The van der Waals surface area contributed by atoms with Crippen LogP contribution in [0.15, 0.2) is 33.6 Å². The van der Waals surface area contributed by atoms with Crippen molar-refractivity contribution in [2.24, 2.45) is 0 Å². The van der Waals surface area contributed by atoms with Gasteiger partial charge in [0.2, 0.25) is 0 Å². The monoisotopic (exact) mass is 386 g/mol. The average Bonchev–Trinajstić information content (AvgIpc) is 2.19. The summed E-state index contributed by atoms with van der Waals surface area (Å²) >= 11 is 2.46. The first-order valence-electron chi connectivity index (χ1n) is 4.12. The van der Waals surface area contributed by atoms with Crippen LogP contribution in [0.5, 0.6) is 0 Å². The molecule has 0 aromatic heterocycles. The Kier molecular flexibility index (Phi) is 4.62. The van der Waals surface area contributed by atoms with Crippen LogP contribution < -0.4 is 0 Å². The van der Waals surface area contributed by atoms with Gasteiger partial charge in [-0.2, -0.15) is 17.6 Å². The molecule has 0 spiro atoms. The number of alkyl halides is 4. The number of halogens is 6. The first kappa shape index (κ1) is 16.1. The lowest BCUT2D eigenvalue weighted by atomic mass is 10.4. The Hall–Kier alpha value is 0.01000. The summed E-state index contributed by atoms with van der Waals surface area (Å²) in [6, 6.07) is 4.98. The molecule has 2 nitrogen and oxygen atoms in total. The molecule has 0 N–H and O–H groups in total. The summed E-state index contributed by atoms with van der Waals surface area (Å²) in [6.07, 6.45) is 0. The van der Waals surface area contributed by atoms with Crippen molar-refractivity contribution in [2.45, 2.75) is 15.4 Å². The molecule has 0 aliphatic carbocycles. The van der Waals surface area contributed by atoms with E-state index in [4.69, 9.17) is 0 Å². The third-order valence-corrected chi connectivity index (χ3v) is 4.83. The van der Waals surface area contributed by atoms with E-state index < -0.39 is 31.3 Å². The fourth-order valence-electron chi connectivity index (χ4n) is 0.852. The van der Waals surface area contributed by atoms with Gasteiger partial charge < -0.3 is 0 Å². The van der Waals surface area contributed by atoms with Crippen molar-refractivity contribution < 1.29 is 26.0 Å². The summed E-state index contributed by atoms with van der Waals surface area (Å²) in [5.74, 6) is 0. The lowest BCUT2D eigenvalue weighted by Crippen LogP contribution is -2.42. The van der Waals surface area contributed by atoms with Crippen molar-refractivity contribution in [3.63, 3.8) is 0 Å². The van der Waals surface area contributed by atoms with Gasteiger partial charge >= 0.3 is 19.6 Å². The van der Waals surface area contributed by atoms with Crippen molar-refractivity contribution in [1.29, 1.82) is 0 Å². The zero-order chi connectivity index (χ0) is 14.2. The Bertz CT molecular complexity index is 533. The fourth-order valence-corrected chi connectivity index (χ4v) is 2.97. The van der Waals surface area contributed by atoms with Crippen molar-refractivity contribution in [2.75, 3.05) is 0 Å². The molecule has 0 radical (unpaired) electrons. The second kappa shape index (κ2) is 5.18. The molecule has 1 aromatic rings. The quantitative estimate of drug-likeness (QED) is 0.439. The van der Waals surface area contributed by atoms with Crippen molar-refractivity contribution in [1.82, 2.24) is 0 Å². The molecule has 0 aliphatic rings. The molecule has 10 heteroatoms. The predicted molar refractivity (Wildman–Crippen MR) is 64.7 cm³/mol. The van der Waals surface area contributed by atoms with Crippen LogP contribution >= 0.6 is 38.4 Å². The molecular weight excluding hydrogens is 384 g/mol. The number of benzene rings is 1. The van der Waals surface area contributed by atoms with E-state index in [0.717, 1.165) is 12.1 Å². The van der Waals surface area contributed by atoms with Gasteiger partial charge in [0.25, 0.3) is 0 Å².